The highest BCUT2D eigenvalue weighted by atomic mass is 16.4. The monoisotopic (exact) mass is 265 g/mol. The Morgan fingerprint density at radius 3 is 2.53 bits per heavy atom. The number of hydrogen-bond acceptors (Lipinski definition) is 3. The van der Waals surface area contributed by atoms with Crippen LogP contribution in [0.2, 0.25) is 0 Å². The number of carboxylic acids is 1. The third-order valence-corrected chi connectivity index (χ3v) is 3.02. The topological polar surface area (TPSA) is 77.8 Å². The zero-order chi connectivity index (χ0) is 14.6. The average molecular weight is 265 g/mol. The number of nitrogens with zero attached hydrogens (tertiary/aromatic N) is 1. The molecular formula is C14H19NO4. The summed E-state index contributed by atoms with van der Waals surface area (Å²) < 4.78 is 0. The molecule has 0 saturated heterocycles. The molecule has 0 heterocycles. The van der Waals surface area contributed by atoms with Gasteiger partial charge in [-0.25, -0.2) is 0 Å². The van der Waals surface area contributed by atoms with E-state index in [4.69, 9.17) is 5.11 Å². The van der Waals surface area contributed by atoms with Crippen molar-refractivity contribution in [1.82, 2.24) is 4.90 Å². The van der Waals surface area contributed by atoms with Crippen LogP contribution in [-0.2, 0) is 11.2 Å². The largest absolute Gasteiger partial charge is 0.507 e. The molecule has 104 valence electrons. The van der Waals surface area contributed by atoms with E-state index in [0.29, 0.717) is 0 Å². The fourth-order valence-electron chi connectivity index (χ4n) is 1.75. The number of phenolic OH excluding ortho intramolecular Hbond substituents is 1. The number of carbonyl (C=O) groups is 2. The summed E-state index contributed by atoms with van der Waals surface area (Å²) in [5, 5.41) is 18.6. The van der Waals surface area contributed by atoms with Gasteiger partial charge in [-0.3, -0.25) is 9.59 Å². The van der Waals surface area contributed by atoms with Crippen molar-refractivity contribution < 1.29 is 19.8 Å². The van der Waals surface area contributed by atoms with Crippen LogP contribution in [0, 0.1) is 5.92 Å². The summed E-state index contributed by atoms with van der Waals surface area (Å²) in [6, 6.07) is 4.88. The van der Waals surface area contributed by atoms with Crippen molar-refractivity contribution in [2.45, 2.75) is 20.3 Å². The van der Waals surface area contributed by atoms with E-state index in [1.165, 1.54) is 24.9 Å². The van der Waals surface area contributed by atoms with Gasteiger partial charge < -0.3 is 15.1 Å². The Balaban J connectivity index is 2.90. The Morgan fingerprint density at radius 2 is 2.00 bits per heavy atom. The lowest BCUT2D eigenvalue weighted by molar-refractivity contribution is -0.141. The molecule has 1 rings (SSSR count). The Bertz CT molecular complexity index is 484. The van der Waals surface area contributed by atoms with Crippen molar-refractivity contribution in [3.63, 3.8) is 0 Å². The molecule has 1 aromatic carbocycles. The van der Waals surface area contributed by atoms with Crippen molar-refractivity contribution in [1.29, 1.82) is 0 Å². The second-order valence-corrected chi connectivity index (χ2v) is 4.63. The molecule has 1 aromatic rings. The number of benzene rings is 1. The molecule has 0 aliphatic rings. The van der Waals surface area contributed by atoms with Gasteiger partial charge in [-0.15, -0.1) is 0 Å². The first-order valence-electron chi connectivity index (χ1n) is 6.17. The SMILES string of the molecule is CCc1ccc(O)c(C(=O)N(C)CC(C)C(=O)O)c1. The summed E-state index contributed by atoms with van der Waals surface area (Å²) in [7, 11) is 1.53. The minimum Gasteiger partial charge on any atom is -0.507 e. The van der Waals surface area contributed by atoms with Gasteiger partial charge >= 0.3 is 5.97 Å². The maximum atomic E-state index is 12.2. The van der Waals surface area contributed by atoms with E-state index in [-0.39, 0.29) is 23.8 Å². The number of carbonyl (C=O) groups excluding carboxylic acids is 1. The Morgan fingerprint density at radius 1 is 1.37 bits per heavy atom. The van der Waals surface area contributed by atoms with Gasteiger partial charge in [0.25, 0.3) is 5.91 Å². The van der Waals surface area contributed by atoms with Gasteiger partial charge in [-0.1, -0.05) is 19.9 Å². The van der Waals surface area contributed by atoms with Gasteiger partial charge in [-0.05, 0) is 24.1 Å². The normalized spacial score (nSPS) is 11.9. The van der Waals surface area contributed by atoms with Crippen LogP contribution in [-0.4, -0.2) is 40.6 Å². The number of rotatable bonds is 5. The van der Waals surface area contributed by atoms with Gasteiger partial charge in [0.15, 0.2) is 0 Å². The molecular weight excluding hydrogens is 246 g/mol. The molecule has 1 unspecified atom stereocenters. The standard InChI is InChI=1S/C14H19NO4/c1-4-10-5-6-12(16)11(7-10)13(17)15(3)8-9(2)14(18)19/h5-7,9,16H,4,8H2,1-3H3,(H,18,19). The number of amides is 1. The molecule has 0 saturated carbocycles. The van der Waals surface area contributed by atoms with Crippen molar-refractivity contribution in [2.75, 3.05) is 13.6 Å². The van der Waals surface area contributed by atoms with Crippen LogP contribution < -0.4 is 0 Å². The number of hydrogen-bond donors (Lipinski definition) is 2. The van der Waals surface area contributed by atoms with Crippen molar-refractivity contribution in [3.05, 3.63) is 29.3 Å². The van der Waals surface area contributed by atoms with Crippen LogP contribution in [0.1, 0.15) is 29.8 Å². The van der Waals surface area contributed by atoms with Crippen molar-refractivity contribution in [2.24, 2.45) is 5.92 Å². The van der Waals surface area contributed by atoms with E-state index < -0.39 is 11.9 Å². The predicted octanol–water partition coefficient (Wildman–Crippen LogP) is 1.75. The summed E-state index contributed by atoms with van der Waals surface area (Å²) in [6.07, 6.45) is 0.760. The Kier molecular flexibility index (Phi) is 4.92. The van der Waals surface area contributed by atoms with E-state index >= 15 is 0 Å². The molecule has 1 amide bonds. The first-order valence-corrected chi connectivity index (χ1v) is 6.17. The molecule has 5 nitrogen and oxygen atoms in total. The molecule has 1 atom stereocenters. The van der Waals surface area contributed by atoms with E-state index in [9.17, 15) is 14.7 Å². The third kappa shape index (κ3) is 3.71. The van der Waals surface area contributed by atoms with Crippen LogP contribution in [0.4, 0.5) is 0 Å². The van der Waals surface area contributed by atoms with Crippen molar-refractivity contribution >= 4 is 11.9 Å². The Hall–Kier alpha value is -2.04. The number of carboxylic acid groups (broad SMARTS) is 1. The first kappa shape index (κ1) is 15.0. The maximum absolute atomic E-state index is 12.2. The molecule has 0 aromatic heterocycles. The van der Waals surface area contributed by atoms with Crippen LogP contribution in [0.5, 0.6) is 5.75 Å². The summed E-state index contributed by atoms with van der Waals surface area (Å²) in [4.78, 5) is 24.3. The van der Waals surface area contributed by atoms with Crippen molar-refractivity contribution in [3.8, 4) is 5.75 Å². The van der Waals surface area contributed by atoms with Gasteiger partial charge in [0.05, 0.1) is 11.5 Å². The van der Waals surface area contributed by atoms with Gasteiger partial charge in [0, 0.05) is 13.6 Å². The third-order valence-electron chi connectivity index (χ3n) is 3.02. The highest BCUT2D eigenvalue weighted by Crippen LogP contribution is 2.20. The van der Waals surface area contributed by atoms with Gasteiger partial charge in [0.1, 0.15) is 5.75 Å². The van der Waals surface area contributed by atoms with Gasteiger partial charge in [-0.2, -0.15) is 0 Å². The minimum absolute atomic E-state index is 0.0861. The smallest absolute Gasteiger partial charge is 0.308 e. The molecule has 0 bridgehead atoms. The molecule has 0 fully saturated rings. The van der Waals surface area contributed by atoms with Gasteiger partial charge in [0.2, 0.25) is 0 Å². The van der Waals surface area contributed by atoms with Crippen LogP contribution in [0.3, 0.4) is 0 Å². The molecule has 0 aliphatic heterocycles. The summed E-state index contributed by atoms with van der Waals surface area (Å²) in [5.74, 6) is -2.06. The second-order valence-electron chi connectivity index (χ2n) is 4.63. The van der Waals surface area contributed by atoms with E-state index in [0.717, 1.165) is 12.0 Å². The van der Waals surface area contributed by atoms with Crippen LogP contribution >= 0.6 is 0 Å². The van der Waals surface area contributed by atoms with E-state index in [1.54, 1.807) is 12.1 Å². The number of phenols is 1. The quantitative estimate of drug-likeness (QED) is 0.850. The maximum Gasteiger partial charge on any atom is 0.308 e. The minimum atomic E-state index is -0.953. The van der Waals surface area contributed by atoms with E-state index in [1.807, 2.05) is 6.92 Å². The molecule has 0 aliphatic carbocycles. The molecule has 2 N–H and O–H groups in total. The lowest BCUT2D eigenvalue weighted by Crippen LogP contribution is -2.33. The lowest BCUT2D eigenvalue weighted by atomic mass is 10.1. The number of aryl methyl sites for hydroxylation is 1. The summed E-state index contributed by atoms with van der Waals surface area (Å²) in [6.45, 7) is 3.59. The van der Waals surface area contributed by atoms with Crippen LogP contribution in [0.25, 0.3) is 0 Å². The fraction of sp³-hybridized carbons (Fsp3) is 0.429. The highest BCUT2D eigenvalue weighted by molar-refractivity contribution is 5.97. The van der Waals surface area contributed by atoms with E-state index in [2.05, 4.69) is 0 Å². The number of aromatic hydroxyl groups is 1. The zero-order valence-corrected chi connectivity index (χ0v) is 11.4. The Labute approximate surface area is 112 Å². The summed E-state index contributed by atoms with van der Waals surface area (Å²) >= 11 is 0. The molecule has 0 radical (unpaired) electrons. The predicted molar refractivity (Wildman–Crippen MR) is 71.2 cm³/mol. The first-order chi connectivity index (χ1) is 8.86. The highest BCUT2D eigenvalue weighted by Gasteiger charge is 2.20. The second kappa shape index (κ2) is 6.22. The lowest BCUT2D eigenvalue weighted by Gasteiger charge is -2.20. The molecule has 0 spiro atoms. The molecule has 19 heavy (non-hydrogen) atoms. The zero-order valence-electron chi connectivity index (χ0n) is 11.4. The van der Waals surface area contributed by atoms with Crippen LogP contribution in [0.15, 0.2) is 18.2 Å². The molecule has 5 heteroatoms. The average Bonchev–Trinajstić information content (AvgIpc) is 2.38. The fourth-order valence-corrected chi connectivity index (χ4v) is 1.75. The summed E-state index contributed by atoms with van der Waals surface area (Å²) in [5.41, 5.74) is 1.15. The number of aliphatic carboxylic acids is 1.